The molecule has 1 aromatic carbocycles. The molecule has 0 unspecified atom stereocenters. The van der Waals surface area contributed by atoms with Crippen LogP contribution in [0.4, 0.5) is 0 Å². The zero-order valence-electron chi connectivity index (χ0n) is 8.24. The molecule has 0 heterocycles. The van der Waals surface area contributed by atoms with Crippen LogP contribution in [0.5, 0.6) is 0 Å². The van der Waals surface area contributed by atoms with Crippen LogP contribution >= 0.6 is 15.9 Å². The van der Waals surface area contributed by atoms with E-state index in [4.69, 9.17) is 0 Å². The smallest absolute Gasteiger partial charge is 0.545 e. The average molecular weight is 281 g/mol. The van der Waals surface area contributed by atoms with Gasteiger partial charge in [0.1, 0.15) is 0 Å². The van der Waals surface area contributed by atoms with Crippen molar-refractivity contribution in [1.82, 2.24) is 0 Å². The summed E-state index contributed by atoms with van der Waals surface area (Å²) >= 11 is 3.12. The first-order chi connectivity index (χ1) is 6.56. The molecule has 0 atom stereocenters. The van der Waals surface area contributed by atoms with Gasteiger partial charge in [0.2, 0.25) is 0 Å². The monoisotopic (exact) mass is 280 g/mol. The van der Waals surface area contributed by atoms with Crippen molar-refractivity contribution in [3.63, 3.8) is 0 Å². The fourth-order valence-corrected chi connectivity index (χ4v) is 1.33. The van der Waals surface area contributed by atoms with Crippen LogP contribution < -0.4 is 34.7 Å². The minimum Gasteiger partial charge on any atom is -0.545 e. The Morgan fingerprint density at radius 1 is 1.33 bits per heavy atom. The summed E-state index contributed by atoms with van der Waals surface area (Å²) in [6.07, 6.45) is 0. The van der Waals surface area contributed by atoms with Crippen LogP contribution in [0.15, 0.2) is 22.7 Å². The van der Waals surface area contributed by atoms with Crippen molar-refractivity contribution in [2.24, 2.45) is 0 Å². The Kier molecular flexibility index (Phi) is 6.12. The van der Waals surface area contributed by atoms with E-state index in [9.17, 15) is 14.7 Å². The maximum absolute atomic E-state index is 11.2. The van der Waals surface area contributed by atoms with Gasteiger partial charge in [-0.05, 0) is 12.1 Å². The molecule has 15 heavy (non-hydrogen) atoms. The van der Waals surface area contributed by atoms with Gasteiger partial charge in [-0.2, -0.15) is 0 Å². The number of carbonyl (C=O) groups excluding carboxylic acids is 2. The van der Waals surface area contributed by atoms with E-state index in [1.807, 2.05) is 0 Å². The van der Waals surface area contributed by atoms with Crippen LogP contribution in [-0.2, 0) is 4.74 Å². The Balaban J connectivity index is 0.00000196. The summed E-state index contributed by atoms with van der Waals surface area (Å²) in [5.41, 5.74) is -0.207. The number of hydrogen-bond donors (Lipinski definition) is 0. The predicted octanol–water partition coefficient (Wildman–Crippen LogP) is -2.40. The number of carboxylic acid groups (broad SMARTS) is 1. The molecule has 0 bridgehead atoms. The molecule has 0 aliphatic heterocycles. The van der Waals surface area contributed by atoms with E-state index in [0.717, 1.165) is 0 Å². The largest absolute Gasteiger partial charge is 1.00 e. The maximum atomic E-state index is 11.2. The fourth-order valence-electron chi connectivity index (χ4n) is 0.973. The van der Waals surface area contributed by atoms with Crippen molar-refractivity contribution >= 4 is 27.9 Å². The summed E-state index contributed by atoms with van der Waals surface area (Å²) in [7, 11) is 1.18. The van der Waals surface area contributed by atoms with Crippen molar-refractivity contribution in [1.29, 1.82) is 0 Å². The van der Waals surface area contributed by atoms with Gasteiger partial charge < -0.3 is 14.6 Å². The Labute approximate surface area is 117 Å². The summed E-state index contributed by atoms with van der Waals surface area (Å²) in [5, 5.41) is 10.6. The van der Waals surface area contributed by atoms with Crippen molar-refractivity contribution < 1.29 is 49.0 Å². The summed E-state index contributed by atoms with van der Waals surface area (Å²) in [4.78, 5) is 21.8. The quantitative estimate of drug-likeness (QED) is 0.448. The Morgan fingerprint density at radius 3 is 2.40 bits per heavy atom. The van der Waals surface area contributed by atoms with Gasteiger partial charge in [0, 0.05) is 10.0 Å². The van der Waals surface area contributed by atoms with Crippen LogP contribution in [0.1, 0.15) is 20.7 Å². The molecule has 74 valence electrons. The third-order valence-corrected chi connectivity index (χ3v) is 2.10. The molecule has 0 saturated heterocycles. The van der Waals surface area contributed by atoms with E-state index < -0.39 is 11.9 Å². The first kappa shape index (κ1) is 14.6. The van der Waals surface area contributed by atoms with E-state index in [-0.39, 0.29) is 40.7 Å². The summed E-state index contributed by atoms with van der Waals surface area (Å²) in [6, 6.07) is 4.17. The topological polar surface area (TPSA) is 66.4 Å². The predicted molar refractivity (Wildman–Crippen MR) is 49.8 cm³/mol. The first-order valence-corrected chi connectivity index (χ1v) is 4.44. The second kappa shape index (κ2) is 6.27. The molecule has 1 rings (SSSR count). The molecular weight excluding hydrogens is 275 g/mol. The number of methoxy groups -OCH3 is 1. The van der Waals surface area contributed by atoms with Gasteiger partial charge in [0.15, 0.2) is 0 Å². The van der Waals surface area contributed by atoms with Gasteiger partial charge in [-0.3, -0.25) is 0 Å². The average Bonchev–Trinajstić information content (AvgIpc) is 2.16. The van der Waals surface area contributed by atoms with Crippen molar-refractivity contribution in [2.75, 3.05) is 7.11 Å². The van der Waals surface area contributed by atoms with E-state index >= 15 is 0 Å². The second-order valence-corrected chi connectivity index (χ2v) is 3.38. The first-order valence-electron chi connectivity index (χ1n) is 3.65. The van der Waals surface area contributed by atoms with Gasteiger partial charge in [0.25, 0.3) is 0 Å². The number of aromatic carboxylic acids is 1. The van der Waals surface area contributed by atoms with Gasteiger partial charge in [0.05, 0.1) is 18.6 Å². The molecular formula is C9H6BrNaO4. The molecule has 0 aliphatic carbocycles. The van der Waals surface area contributed by atoms with Gasteiger partial charge in [-0.25, -0.2) is 4.79 Å². The summed E-state index contributed by atoms with van der Waals surface area (Å²) < 4.78 is 5.03. The Morgan fingerprint density at radius 2 is 1.93 bits per heavy atom. The Hall–Kier alpha value is -0.360. The van der Waals surface area contributed by atoms with Crippen LogP contribution in [0.25, 0.3) is 0 Å². The van der Waals surface area contributed by atoms with Crippen molar-refractivity contribution in [2.45, 2.75) is 0 Å². The van der Waals surface area contributed by atoms with Crippen LogP contribution in [0.2, 0.25) is 0 Å². The maximum Gasteiger partial charge on any atom is 1.00 e. The number of carboxylic acids is 1. The third kappa shape index (κ3) is 3.61. The van der Waals surface area contributed by atoms with E-state index in [0.29, 0.717) is 4.47 Å². The molecule has 0 spiro atoms. The van der Waals surface area contributed by atoms with E-state index in [1.54, 1.807) is 0 Å². The number of ether oxygens (including phenoxy) is 1. The summed E-state index contributed by atoms with van der Waals surface area (Å²) in [5.74, 6) is -2.11. The van der Waals surface area contributed by atoms with Crippen molar-refractivity contribution in [3.05, 3.63) is 33.8 Å². The minimum absolute atomic E-state index is 0. The summed E-state index contributed by atoms with van der Waals surface area (Å²) in [6.45, 7) is 0. The SMILES string of the molecule is COC(=O)c1cc(Br)ccc1C(=O)[O-].[Na+]. The minimum atomic E-state index is -1.40. The number of halogens is 1. The zero-order valence-corrected chi connectivity index (χ0v) is 11.8. The van der Waals surface area contributed by atoms with Gasteiger partial charge in [-0.1, -0.05) is 22.0 Å². The van der Waals surface area contributed by atoms with Crippen LogP contribution in [0.3, 0.4) is 0 Å². The molecule has 1 aromatic rings. The Bertz CT molecular complexity index is 392. The molecule has 4 nitrogen and oxygen atoms in total. The molecule has 0 amide bonds. The fraction of sp³-hybridized carbons (Fsp3) is 0.111. The van der Waals surface area contributed by atoms with Crippen LogP contribution in [-0.4, -0.2) is 19.0 Å². The van der Waals surface area contributed by atoms with Gasteiger partial charge in [-0.15, -0.1) is 0 Å². The number of esters is 1. The molecule has 0 aromatic heterocycles. The molecule has 0 saturated carbocycles. The van der Waals surface area contributed by atoms with E-state index in [1.165, 1.54) is 25.3 Å². The standard InChI is InChI=1S/C9H7BrO4.Na/c1-14-9(13)7-4-5(10)2-3-6(7)8(11)12;/h2-4H,1H3,(H,11,12);/q;+1/p-1. The van der Waals surface area contributed by atoms with Crippen LogP contribution in [0, 0.1) is 0 Å². The number of benzene rings is 1. The normalized spacial score (nSPS) is 8.93. The number of rotatable bonds is 2. The third-order valence-electron chi connectivity index (χ3n) is 1.61. The zero-order chi connectivity index (χ0) is 10.7. The molecule has 0 fully saturated rings. The number of carbonyl (C=O) groups is 2. The van der Waals surface area contributed by atoms with Crippen molar-refractivity contribution in [3.8, 4) is 0 Å². The molecule has 6 heteroatoms. The van der Waals surface area contributed by atoms with E-state index in [2.05, 4.69) is 20.7 Å². The molecule has 0 aliphatic rings. The van der Waals surface area contributed by atoms with Gasteiger partial charge >= 0.3 is 35.5 Å². The number of hydrogen-bond acceptors (Lipinski definition) is 4. The molecule has 0 N–H and O–H groups in total. The second-order valence-electron chi connectivity index (χ2n) is 2.47. The molecule has 0 radical (unpaired) electrons.